The lowest BCUT2D eigenvalue weighted by Crippen LogP contribution is -2.16. The van der Waals surface area contributed by atoms with Gasteiger partial charge in [0.1, 0.15) is 0 Å². The Morgan fingerprint density at radius 3 is 1.64 bits per heavy atom. The van der Waals surface area contributed by atoms with Crippen molar-refractivity contribution in [3.63, 3.8) is 0 Å². The highest BCUT2D eigenvalue weighted by Crippen LogP contribution is 1.82. The second-order valence-corrected chi connectivity index (χ2v) is 2.52. The van der Waals surface area contributed by atoms with E-state index in [-0.39, 0.29) is 0 Å². The Hall–Kier alpha value is -2.00. The molecular weight excluding hydrogens is 180 g/mol. The van der Waals surface area contributed by atoms with Crippen LogP contribution in [0.4, 0.5) is 4.79 Å². The summed E-state index contributed by atoms with van der Waals surface area (Å²) in [5, 5.41) is 2.79. The lowest BCUT2D eigenvalue weighted by Gasteiger charge is -2.01. The molecule has 0 saturated carbocycles. The summed E-state index contributed by atoms with van der Waals surface area (Å²) in [5.41, 5.74) is 7.70. The summed E-state index contributed by atoms with van der Waals surface area (Å²) in [7, 11) is 3.02. The third-order valence-electron chi connectivity index (χ3n) is 1.18. The van der Waals surface area contributed by atoms with Crippen LogP contribution in [-0.4, -0.2) is 25.0 Å². The standard InChI is InChI=1S/C6H6.C3H6N4O/c1-2-4-6-5-3-1;1-7(2)3(8)5-6-4/h1-6H;1-2H3. The summed E-state index contributed by atoms with van der Waals surface area (Å²) >= 11 is 0. The van der Waals surface area contributed by atoms with Gasteiger partial charge in [-0.1, -0.05) is 36.4 Å². The van der Waals surface area contributed by atoms with Crippen molar-refractivity contribution < 1.29 is 4.79 Å². The van der Waals surface area contributed by atoms with Crippen LogP contribution in [0.1, 0.15) is 0 Å². The summed E-state index contributed by atoms with van der Waals surface area (Å²) in [4.78, 5) is 13.7. The van der Waals surface area contributed by atoms with Gasteiger partial charge in [0.15, 0.2) is 0 Å². The Morgan fingerprint density at radius 2 is 1.50 bits per heavy atom. The van der Waals surface area contributed by atoms with E-state index in [1.54, 1.807) is 0 Å². The fraction of sp³-hybridized carbons (Fsp3) is 0.222. The molecule has 74 valence electrons. The molecule has 1 aromatic carbocycles. The van der Waals surface area contributed by atoms with Crippen molar-refractivity contribution >= 4 is 6.03 Å². The molecule has 5 nitrogen and oxygen atoms in total. The molecule has 0 atom stereocenters. The Balaban J connectivity index is 0.000000249. The van der Waals surface area contributed by atoms with Gasteiger partial charge in [-0.15, -0.1) is 0 Å². The Labute approximate surface area is 82.6 Å². The van der Waals surface area contributed by atoms with E-state index in [0.717, 1.165) is 0 Å². The van der Waals surface area contributed by atoms with Crippen LogP contribution in [0.25, 0.3) is 10.4 Å². The number of amides is 2. The molecule has 0 bridgehead atoms. The first-order valence-corrected chi connectivity index (χ1v) is 3.95. The van der Waals surface area contributed by atoms with Crippen molar-refractivity contribution in [2.24, 2.45) is 5.11 Å². The van der Waals surface area contributed by atoms with Gasteiger partial charge >= 0.3 is 6.03 Å². The van der Waals surface area contributed by atoms with Crippen LogP contribution in [0.15, 0.2) is 41.5 Å². The number of nitrogens with zero attached hydrogens (tertiary/aromatic N) is 4. The zero-order valence-corrected chi connectivity index (χ0v) is 8.16. The minimum absolute atomic E-state index is 0.576. The smallest absolute Gasteiger partial charge is 0.310 e. The monoisotopic (exact) mass is 192 g/mol. The minimum atomic E-state index is -0.576. The van der Waals surface area contributed by atoms with E-state index >= 15 is 0 Å². The van der Waals surface area contributed by atoms with Crippen molar-refractivity contribution in [1.29, 1.82) is 0 Å². The molecule has 0 fully saturated rings. The summed E-state index contributed by atoms with van der Waals surface area (Å²) in [6.45, 7) is 0. The molecule has 0 aliphatic heterocycles. The Bertz CT molecular complexity index is 277. The molecule has 2 amide bonds. The van der Waals surface area contributed by atoms with Crippen LogP contribution in [0.2, 0.25) is 0 Å². The van der Waals surface area contributed by atoms with Gasteiger partial charge in [0.25, 0.3) is 0 Å². The third-order valence-corrected chi connectivity index (χ3v) is 1.18. The number of carbonyl (C=O) groups excluding carboxylic acids is 1. The second-order valence-electron chi connectivity index (χ2n) is 2.52. The SMILES string of the molecule is CN(C)C(=O)N=[N+]=[N-].c1ccccc1. The molecule has 0 saturated heterocycles. The van der Waals surface area contributed by atoms with E-state index < -0.39 is 6.03 Å². The number of carbonyl (C=O) groups is 1. The van der Waals surface area contributed by atoms with Gasteiger partial charge in [0.2, 0.25) is 0 Å². The molecule has 1 aromatic rings. The van der Waals surface area contributed by atoms with Crippen molar-refractivity contribution in [2.45, 2.75) is 0 Å². The molecule has 0 N–H and O–H groups in total. The van der Waals surface area contributed by atoms with Crippen molar-refractivity contribution in [2.75, 3.05) is 14.1 Å². The molecule has 0 unspecified atom stereocenters. The predicted molar refractivity (Wildman–Crippen MR) is 54.7 cm³/mol. The summed E-state index contributed by atoms with van der Waals surface area (Å²) in [5.74, 6) is 0. The van der Waals surface area contributed by atoms with Crippen LogP contribution in [0.5, 0.6) is 0 Å². The second kappa shape index (κ2) is 7.64. The van der Waals surface area contributed by atoms with E-state index in [1.807, 2.05) is 36.4 Å². The highest BCUT2D eigenvalue weighted by Gasteiger charge is 1.95. The van der Waals surface area contributed by atoms with E-state index in [4.69, 9.17) is 5.53 Å². The van der Waals surface area contributed by atoms with Crippen LogP contribution in [0.3, 0.4) is 0 Å². The maximum absolute atomic E-state index is 10.2. The van der Waals surface area contributed by atoms with E-state index in [1.165, 1.54) is 19.0 Å². The highest BCUT2D eigenvalue weighted by atomic mass is 16.2. The molecule has 0 heterocycles. The van der Waals surface area contributed by atoms with Gasteiger partial charge in [-0.05, 0) is 5.53 Å². The molecule has 0 spiro atoms. The van der Waals surface area contributed by atoms with Gasteiger partial charge < -0.3 is 4.90 Å². The van der Waals surface area contributed by atoms with Crippen LogP contribution >= 0.6 is 0 Å². The van der Waals surface area contributed by atoms with Gasteiger partial charge in [0, 0.05) is 24.1 Å². The predicted octanol–water partition coefficient (Wildman–Crippen LogP) is 2.66. The largest absolute Gasteiger partial charge is 0.343 e. The third kappa shape index (κ3) is 6.69. The fourth-order valence-corrected chi connectivity index (χ4v) is 0.513. The van der Waals surface area contributed by atoms with Crippen LogP contribution in [-0.2, 0) is 0 Å². The maximum Gasteiger partial charge on any atom is 0.310 e. The Morgan fingerprint density at radius 1 is 1.14 bits per heavy atom. The molecule has 0 aliphatic carbocycles. The summed E-state index contributed by atoms with van der Waals surface area (Å²) < 4.78 is 0. The lowest BCUT2D eigenvalue weighted by molar-refractivity contribution is 0.227. The van der Waals surface area contributed by atoms with E-state index in [2.05, 4.69) is 10.0 Å². The molecular formula is C9H12N4O. The molecule has 14 heavy (non-hydrogen) atoms. The lowest BCUT2D eigenvalue weighted by atomic mass is 10.4. The Kier molecular flexibility index (Phi) is 6.55. The number of azide groups is 1. The fourth-order valence-electron chi connectivity index (χ4n) is 0.513. The average molecular weight is 192 g/mol. The first-order valence-electron chi connectivity index (χ1n) is 3.95. The van der Waals surface area contributed by atoms with Gasteiger partial charge in [0.05, 0.1) is 0 Å². The van der Waals surface area contributed by atoms with Crippen molar-refractivity contribution in [1.82, 2.24) is 4.90 Å². The van der Waals surface area contributed by atoms with Gasteiger partial charge in [-0.3, -0.25) is 4.79 Å². The van der Waals surface area contributed by atoms with E-state index in [0.29, 0.717) is 0 Å². The highest BCUT2D eigenvalue weighted by molar-refractivity contribution is 5.74. The molecule has 1 rings (SSSR count). The van der Waals surface area contributed by atoms with E-state index in [9.17, 15) is 4.79 Å². The molecule has 0 radical (unpaired) electrons. The van der Waals surface area contributed by atoms with Crippen LogP contribution < -0.4 is 0 Å². The molecule has 0 aliphatic rings. The normalized spacial score (nSPS) is 7.57. The van der Waals surface area contributed by atoms with Crippen LogP contribution in [0, 0.1) is 0 Å². The summed E-state index contributed by atoms with van der Waals surface area (Å²) in [6.07, 6.45) is 0. The number of urea groups is 1. The first-order chi connectivity index (χ1) is 6.68. The molecule has 0 aromatic heterocycles. The maximum atomic E-state index is 10.2. The van der Waals surface area contributed by atoms with Gasteiger partial charge in [-0.2, -0.15) is 0 Å². The number of hydrogen-bond donors (Lipinski definition) is 0. The zero-order chi connectivity index (χ0) is 10.8. The van der Waals surface area contributed by atoms with Crippen molar-refractivity contribution in [3.8, 4) is 0 Å². The number of rotatable bonds is 0. The average Bonchev–Trinajstić information content (AvgIpc) is 2.21. The first kappa shape index (κ1) is 12.0. The quantitative estimate of drug-likeness (QED) is 0.354. The minimum Gasteiger partial charge on any atom is -0.343 e. The van der Waals surface area contributed by atoms with Crippen molar-refractivity contribution in [3.05, 3.63) is 46.8 Å². The zero-order valence-electron chi connectivity index (χ0n) is 8.16. The molecule has 5 heteroatoms. The number of benzene rings is 1. The summed E-state index contributed by atoms with van der Waals surface area (Å²) in [6, 6.07) is 11.4. The topological polar surface area (TPSA) is 69.1 Å². The van der Waals surface area contributed by atoms with Gasteiger partial charge in [-0.25, -0.2) is 0 Å². The number of hydrogen-bond acceptors (Lipinski definition) is 1.